The molecular formula is C14H17ClN2O4. The van der Waals surface area contributed by atoms with E-state index in [0.717, 1.165) is 12.5 Å². The molecule has 7 heteroatoms. The molecule has 1 aliphatic rings. The molecule has 1 aromatic rings. The lowest BCUT2D eigenvalue weighted by Gasteiger charge is -2.07. The molecule has 1 fully saturated rings. The molecule has 6 nitrogen and oxygen atoms in total. The van der Waals surface area contributed by atoms with Crippen LogP contribution < -0.4 is 5.32 Å². The predicted molar refractivity (Wildman–Crippen MR) is 78.6 cm³/mol. The summed E-state index contributed by atoms with van der Waals surface area (Å²) in [6.07, 6.45) is 3.20. The van der Waals surface area contributed by atoms with E-state index < -0.39 is 10.8 Å². The van der Waals surface area contributed by atoms with Crippen molar-refractivity contribution in [3.8, 4) is 0 Å². The van der Waals surface area contributed by atoms with E-state index in [4.69, 9.17) is 16.3 Å². The summed E-state index contributed by atoms with van der Waals surface area (Å²) >= 11 is 5.88. The third-order valence-corrected chi connectivity index (χ3v) is 3.62. The molecule has 2 rings (SSSR count). The van der Waals surface area contributed by atoms with Gasteiger partial charge in [0.1, 0.15) is 5.02 Å². The van der Waals surface area contributed by atoms with Crippen molar-refractivity contribution in [1.29, 1.82) is 0 Å². The smallest absolute Gasteiger partial charge is 0.288 e. The Morgan fingerprint density at radius 1 is 1.48 bits per heavy atom. The minimum absolute atomic E-state index is 0.116. The van der Waals surface area contributed by atoms with Crippen molar-refractivity contribution >= 4 is 23.2 Å². The van der Waals surface area contributed by atoms with E-state index in [2.05, 4.69) is 5.32 Å². The minimum atomic E-state index is -0.606. The number of hydrogen-bond acceptors (Lipinski definition) is 4. The van der Waals surface area contributed by atoms with Gasteiger partial charge in [0.05, 0.1) is 10.5 Å². The highest BCUT2D eigenvalue weighted by Gasteiger charge is 2.21. The van der Waals surface area contributed by atoms with Gasteiger partial charge in [-0.05, 0) is 31.2 Å². The number of nitro benzene ring substituents is 1. The van der Waals surface area contributed by atoms with Crippen molar-refractivity contribution in [1.82, 2.24) is 5.32 Å². The van der Waals surface area contributed by atoms with Crippen LogP contribution in [0.3, 0.4) is 0 Å². The molecule has 0 aliphatic heterocycles. The molecule has 0 aromatic heterocycles. The van der Waals surface area contributed by atoms with Crippen LogP contribution in [0, 0.1) is 16.0 Å². The Hall–Kier alpha value is -1.66. The maximum absolute atomic E-state index is 11.9. The molecule has 0 radical (unpaired) electrons. The van der Waals surface area contributed by atoms with Gasteiger partial charge in [0.2, 0.25) is 0 Å². The number of halogens is 1. The Bertz CT molecular complexity index is 532. The van der Waals surface area contributed by atoms with Crippen LogP contribution in [0.1, 0.15) is 29.6 Å². The fourth-order valence-corrected chi connectivity index (χ4v) is 2.12. The molecule has 0 atom stereocenters. The summed E-state index contributed by atoms with van der Waals surface area (Å²) in [5, 5.41) is 13.3. The van der Waals surface area contributed by atoms with E-state index in [1.807, 2.05) is 0 Å². The number of hydrogen-bond donors (Lipinski definition) is 1. The Morgan fingerprint density at radius 3 is 2.90 bits per heavy atom. The first kappa shape index (κ1) is 15.7. The number of amides is 1. The predicted octanol–water partition coefficient (Wildman–Crippen LogP) is 2.79. The number of rotatable bonds is 8. The van der Waals surface area contributed by atoms with Gasteiger partial charge >= 0.3 is 0 Å². The van der Waals surface area contributed by atoms with E-state index in [0.29, 0.717) is 19.6 Å². The molecule has 0 saturated heterocycles. The second-order valence-corrected chi connectivity index (χ2v) is 5.40. The fourth-order valence-electron chi connectivity index (χ4n) is 1.84. The van der Waals surface area contributed by atoms with Gasteiger partial charge in [0.25, 0.3) is 11.6 Å². The van der Waals surface area contributed by atoms with E-state index in [1.54, 1.807) is 0 Å². The standard InChI is InChI=1S/C14H17ClN2O4/c15-13-11(3-1-4-12(13)17(19)20)14(18)16-7-2-8-21-9-10-5-6-10/h1,3-4,10H,2,5-9H2,(H,16,18). The van der Waals surface area contributed by atoms with Crippen molar-refractivity contribution in [2.45, 2.75) is 19.3 Å². The Morgan fingerprint density at radius 2 is 2.24 bits per heavy atom. The normalized spacial score (nSPS) is 14.0. The molecule has 1 aromatic carbocycles. The number of carbonyl (C=O) groups is 1. The molecule has 0 spiro atoms. The van der Waals surface area contributed by atoms with Crippen LogP contribution in [0.5, 0.6) is 0 Å². The Balaban J connectivity index is 1.77. The summed E-state index contributed by atoms with van der Waals surface area (Å²) < 4.78 is 5.45. The third-order valence-electron chi connectivity index (χ3n) is 3.22. The van der Waals surface area contributed by atoms with Gasteiger partial charge in [-0.25, -0.2) is 0 Å². The van der Waals surface area contributed by atoms with E-state index in [-0.39, 0.29) is 16.3 Å². The Kier molecular flexibility index (Phi) is 5.52. The van der Waals surface area contributed by atoms with Gasteiger partial charge in [0, 0.05) is 25.8 Å². The summed E-state index contributed by atoms with van der Waals surface area (Å²) in [7, 11) is 0. The molecule has 1 saturated carbocycles. The first-order valence-electron chi connectivity index (χ1n) is 6.88. The van der Waals surface area contributed by atoms with Crippen molar-refractivity contribution in [3.63, 3.8) is 0 Å². The largest absolute Gasteiger partial charge is 0.381 e. The zero-order valence-electron chi connectivity index (χ0n) is 11.5. The highest BCUT2D eigenvalue weighted by molar-refractivity contribution is 6.35. The molecule has 0 unspecified atom stereocenters. The molecule has 1 N–H and O–H groups in total. The second-order valence-electron chi connectivity index (χ2n) is 5.02. The fraction of sp³-hybridized carbons (Fsp3) is 0.500. The van der Waals surface area contributed by atoms with Crippen molar-refractivity contribution in [3.05, 3.63) is 38.9 Å². The number of nitrogens with one attached hydrogen (secondary N) is 1. The summed E-state index contributed by atoms with van der Waals surface area (Å²) in [6, 6.07) is 4.18. The lowest BCUT2D eigenvalue weighted by molar-refractivity contribution is -0.384. The zero-order chi connectivity index (χ0) is 15.2. The highest BCUT2D eigenvalue weighted by Crippen LogP contribution is 2.29. The van der Waals surface area contributed by atoms with Crippen LogP contribution in [0.2, 0.25) is 5.02 Å². The maximum Gasteiger partial charge on any atom is 0.288 e. The van der Waals surface area contributed by atoms with Gasteiger partial charge in [-0.3, -0.25) is 14.9 Å². The molecule has 1 aliphatic carbocycles. The highest BCUT2D eigenvalue weighted by atomic mass is 35.5. The molecular weight excluding hydrogens is 296 g/mol. The molecule has 114 valence electrons. The zero-order valence-corrected chi connectivity index (χ0v) is 12.3. The SMILES string of the molecule is O=C(NCCCOCC1CC1)c1cccc([N+](=O)[O-])c1Cl. The van der Waals surface area contributed by atoms with Crippen LogP contribution in [-0.4, -0.2) is 30.6 Å². The number of nitrogens with zero attached hydrogens (tertiary/aromatic N) is 1. The van der Waals surface area contributed by atoms with Crippen LogP contribution in [0.15, 0.2) is 18.2 Å². The van der Waals surface area contributed by atoms with Crippen LogP contribution in [0.4, 0.5) is 5.69 Å². The van der Waals surface area contributed by atoms with Gasteiger partial charge in [-0.2, -0.15) is 0 Å². The molecule has 0 heterocycles. The summed E-state index contributed by atoms with van der Waals surface area (Å²) in [6.45, 7) is 1.84. The van der Waals surface area contributed by atoms with Crippen LogP contribution in [0.25, 0.3) is 0 Å². The number of ether oxygens (including phenoxy) is 1. The van der Waals surface area contributed by atoms with Crippen molar-refractivity contribution in [2.24, 2.45) is 5.92 Å². The monoisotopic (exact) mass is 312 g/mol. The molecule has 0 bridgehead atoms. The van der Waals surface area contributed by atoms with Gasteiger partial charge in [-0.15, -0.1) is 0 Å². The third kappa shape index (κ3) is 4.68. The first-order chi connectivity index (χ1) is 10.1. The number of carbonyl (C=O) groups excluding carboxylic acids is 1. The van der Waals surface area contributed by atoms with Gasteiger partial charge in [0.15, 0.2) is 0 Å². The lowest BCUT2D eigenvalue weighted by Crippen LogP contribution is -2.25. The summed E-state index contributed by atoms with van der Waals surface area (Å²) in [5.74, 6) is 0.314. The van der Waals surface area contributed by atoms with Crippen molar-refractivity contribution in [2.75, 3.05) is 19.8 Å². The maximum atomic E-state index is 11.9. The molecule has 1 amide bonds. The van der Waals surface area contributed by atoms with Crippen LogP contribution in [-0.2, 0) is 4.74 Å². The van der Waals surface area contributed by atoms with Gasteiger partial charge < -0.3 is 10.1 Å². The van der Waals surface area contributed by atoms with E-state index in [1.165, 1.54) is 31.0 Å². The molecule has 21 heavy (non-hydrogen) atoms. The second kappa shape index (κ2) is 7.38. The number of benzene rings is 1. The lowest BCUT2D eigenvalue weighted by atomic mass is 10.2. The Labute approximate surface area is 127 Å². The average Bonchev–Trinajstić information content (AvgIpc) is 3.26. The minimum Gasteiger partial charge on any atom is -0.381 e. The summed E-state index contributed by atoms with van der Waals surface area (Å²) in [4.78, 5) is 22.1. The quantitative estimate of drug-likeness (QED) is 0.454. The number of nitro groups is 1. The van der Waals surface area contributed by atoms with E-state index >= 15 is 0 Å². The van der Waals surface area contributed by atoms with Crippen molar-refractivity contribution < 1.29 is 14.5 Å². The van der Waals surface area contributed by atoms with Crippen LogP contribution >= 0.6 is 11.6 Å². The topological polar surface area (TPSA) is 81.5 Å². The van der Waals surface area contributed by atoms with Gasteiger partial charge in [-0.1, -0.05) is 17.7 Å². The average molecular weight is 313 g/mol. The first-order valence-corrected chi connectivity index (χ1v) is 7.26. The van der Waals surface area contributed by atoms with E-state index in [9.17, 15) is 14.9 Å². The summed E-state index contributed by atoms with van der Waals surface area (Å²) in [5.41, 5.74) is -0.151.